The third-order valence-corrected chi connectivity index (χ3v) is 3.99. The minimum atomic E-state index is 0.173. The van der Waals surface area contributed by atoms with Crippen LogP contribution in [0.3, 0.4) is 0 Å². The molecule has 0 fully saturated rings. The van der Waals surface area contributed by atoms with Crippen LogP contribution in [-0.2, 0) is 12.8 Å². The highest BCUT2D eigenvalue weighted by Crippen LogP contribution is 2.15. The fourth-order valence-electron chi connectivity index (χ4n) is 2.73. The summed E-state index contributed by atoms with van der Waals surface area (Å²) in [5.74, 6) is 2.74. The first kappa shape index (κ1) is 19.9. The van der Waals surface area contributed by atoms with Crippen LogP contribution in [0.15, 0.2) is 33.8 Å². The van der Waals surface area contributed by atoms with E-state index in [1.165, 1.54) is 11.1 Å². The Morgan fingerprint density at radius 1 is 1.19 bits per heavy atom. The van der Waals surface area contributed by atoms with Crippen LogP contribution in [0.25, 0.3) is 0 Å². The highest BCUT2D eigenvalue weighted by molar-refractivity contribution is 5.80. The molecule has 0 spiro atoms. The first-order valence-corrected chi connectivity index (χ1v) is 9.40. The number of benzene rings is 1. The molecule has 1 heterocycles. The van der Waals surface area contributed by atoms with E-state index in [-0.39, 0.29) is 6.04 Å². The van der Waals surface area contributed by atoms with Crippen molar-refractivity contribution >= 4 is 5.96 Å². The maximum atomic E-state index is 5.12. The smallest absolute Gasteiger partial charge is 0.228 e. The van der Waals surface area contributed by atoms with Crippen LogP contribution in [0.1, 0.15) is 56.6 Å². The molecule has 0 aliphatic rings. The zero-order chi connectivity index (χ0) is 18.9. The van der Waals surface area contributed by atoms with E-state index in [1.54, 1.807) is 0 Å². The highest BCUT2D eigenvalue weighted by Gasteiger charge is 2.09. The Morgan fingerprint density at radius 3 is 2.50 bits per heavy atom. The van der Waals surface area contributed by atoms with Gasteiger partial charge >= 0.3 is 0 Å². The van der Waals surface area contributed by atoms with Crippen LogP contribution in [0.2, 0.25) is 0 Å². The molecule has 26 heavy (non-hydrogen) atoms. The second kappa shape index (κ2) is 9.94. The average molecular weight is 358 g/mol. The van der Waals surface area contributed by atoms with Crippen LogP contribution in [0.5, 0.6) is 0 Å². The van der Waals surface area contributed by atoms with Gasteiger partial charge in [-0.3, -0.25) is 4.99 Å². The Kier molecular flexibility index (Phi) is 7.63. The van der Waals surface area contributed by atoms with Crippen LogP contribution in [-0.4, -0.2) is 29.2 Å². The van der Waals surface area contributed by atoms with Crippen molar-refractivity contribution in [3.05, 3.63) is 47.1 Å². The van der Waals surface area contributed by atoms with Crippen molar-refractivity contribution in [3.63, 3.8) is 0 Å². The Hall–Kier alpha value is -2.37. The fourth-order valence-corrected chi connectivity index (χ4v) is 2.73. The third kappa shape index (κ3) is 6.50. The summed E-state index contributed by atoms with van der Waals surface area (Å²) in [5.41, 5.74) is 2.63. The molecular formula is C20H31N5O. The van der Waals surface area contributed by atoms with Gasteiger partial charge in [0.25, 0.3) is 0 Å². The maximum Gasteiger partial charge on any atom is 0.228 e. The number of aliphatic imine (C=N–C) groups is 1. The molecule has 142 valence electrons. The van der Waals surface area contributed by atoms with E-state index in [9.17, 15) is 0 Å². The minimum absolute atomic E-state index is 0.173. The molecule has 1 aromatic carbocycles. The summed E-state index contributed by atoms with van der Waals surface area (Å²) in [6.07, 6.45) is 1.75. The van der Waals surface area contributed by atoms with Crippen molar-refractivity contribution < 1.29 is 4.52 Å². The van der Waals surface area contributed by atoms with Crippen molar-refractivity contribution in [1.82, 2.24) is 20.8 Å². The summed E-state index contributed by atoms with van der Waals surface area (Å²) >= 11 is 0. The third-order valence-electron chi connectivity index (χ3n) is 3.99. The van der Waals surface area contributed by atoms with Gasteiger partial charge in [-0.1, -0.05) is 43.3 Å². The molecule has 1 unspecified atom stereocenters. The summed E-state index contributed by atoms with van der Waals surface area (Å²) in [6, 6.07) is 9.00. The summed E-state index contributed by atoms with van der Waals surface area (Å²) in [7, 11) is 0. The molecule has 2 aromatic rings. The van der Waals surface area contributed by atoms with E-state index >= 15 is 0 Å². The average Bonchev–Trinajstić information content (AvgIpc) is 3.00. The van der Waals surface area contributed by atoms with Crippen LogP contribution in [0, 0.1) is 12.8 Å². The Morgan fingerprint density at radius 2 is 1.92 bits per heavy atom. The van der Waals surface area contributed by atoms with Gasteiger partial charge in [-0.2, -0.15) is 4.98 Å². The summed E-state index contributed by atoms with van der Waals surface area (Å²) < 4.78 is 5.12. The molecule has 0 amide bonds. The predicted molar refractivity (Wildman–Crippen MR) is 105 cm³/mol. The van der Waals surface area contributed by atoms with Gasteiger partial charge in [0, 0.05) is 13.0 Å². The summed E-state index contributed by atoms with van der Waals surface area (Å²) in [6.45, 7) is 11.9. The molecule has 1 aromatic heterocycles. The van der Waals surface area contributed by atoms with Gasteiger partial charge in [0.1, 0.15) is 0 Å². The number of nitrogens with zero attached hydrogens (tertiary/aromatic N) is 3. The van der Waals surface area contributed by atoms with Gasteiger partial charge in [-0.25, -0.2) is 0 Å². The minimum Gasteiger partial charge on any atom is -0.357 e. The lowest BCUT2D eigenvalue weighted by molar-refractivity contribution is 0.376. The monoisotopic (exact) mass is 357 g/mol. The Labute approximate surface area is 156 Å². The molecule has 0 saturated heterocycles. The number of aryl methyl sites for hydroxylation is 1. The number of nitrogens with one attached hydrogen (secondary N) is 2. The zero-order valence-electron chi connectivity index (χ0n) is 16.5. The second-order valence-electron chi connectivity index (χ2n) is 6.95. The molecule has 6 heteroatoms. The van der Waals surface area contributed by atoms with Crippen molar-refractivity contribution in [2.45, 2.75) is 53.5 Å². The standard InChI is InChI=1S/C20H31N5O/c1-6-21-20(22-12-11-19-24-16(5)25-26-19)23-15(4)18-9-7-17(8-10-18)13-14(2)3/h7-10,14-15H,6,11-13H2,1-5H3,(H2,21,22,23). The van der Waals surface area contributed by atoms with E-state index < -0.39 is 0 Å². The first-order chi connectivity index (χ1) is 12.5. The Balaban J connectivity index is 1.93. The number of rotatable bonds is 8. The van der Waals surface area contributed by atoms with Crippen molar-refractivity contribution in [2.24, 2.45) is 10.9 Å². The highest BCUT2D eigenvalue weighted by atomic mass is 16.5. The van der Waals surface area contributed by atoms with Crippen LogP contribution in [0.4, 0.5) is 0 Å². The molecule has 0 radical (unpaired) electrons. The van der Waals surface area contributed by atoms with Crippen molar-refractivity contribution in [3.8, 4) is 0 Å². The number of aromatic nitrogens is 2. The number of guanidine groups is 1. The summed E-state index contributed by atoms with van der Waals surface area (Å²) in [4.78, 5) is 8.81. The first-order valence-electron chi connectivity index (χ1n) is 9.40. The molecule has 0 bridgehead atoms. The molecule has 2 rings (SSSR count). The normalized spacial score (nSPS) is 13.1. The largest absolute Gasteiger partial charge is 0.357 e. The van der Waals surface area contributed by atoms with Gasteiger partial charge in [-0.15, -0.1) is 0 Å². The number of hydrogen-bond acceptors (Lipinski definition) is 4. The molecule has 1 atom stereocenters. The summed E-state index contributed by atoms with van der Waals surface area (Å²) in [5, 5.41) is 10.5. The van der Waals surface area contributed by atoms with Crippen molar-refractivity contribution in [2.75, 3.05) is 13.1 Å². The van der Waals surface area contributed by atoms with E-state index in [1.807, 2.05) is 6.92 Å². The molecule has 0 saturated carbocycles. The second-order valence-corrected chi connectivity index (χ2v) is 6.95. The fraction of sp³-hybridized carbons (Fsp3) is 0.550. The number of hydrogen-bond donors (Lipinski definition) is 2. The lowest BCUT2D eigenvalue weighted by Crippen LogP contribution is -2.38. The van der Waals surface area contributed by atoms with Gasteiger partial charge in [0.05, 0.1) is 12.6 Å². The van der Waals surface area contributed by atoms with Crippen LogP contribution < -0.4 is 10.6 Å². The predicted octanol–water partition coefficient (Wildman–Crippen LogP) is 3.44. The van der Waals surface area contributed by atoms with E-state index in [0.717, 1.165) is 18.9 Å². The maximum absolute atomic E-state index is 5.12. The van der Waals surface area contributed by atoms with Gasteiger partial charge in [-0.05, 0) is 44.2 Å². The van der Waals surface area contributed by atoms with Gasteiger partial charge < -0.3 is 15.2 Å². The van der Waals surface area contributed by atoms with E-state index in [2.05, 4.69) is 77.7 Å². The zero-order valence-corrected chi connectivity index (χ0v) is 16.5. The van der Waals surface area contributed by atoms with Gasteiger partial charge in [0.2, 0.25) is 5.89 Å². The topological polar surface area (TPSA) is 75.3 Å². The molecule has 0 aliphatic carbocycles. The molecule has 0 aliphatic heterocycles. The van der Waals surface area contributed by atoms with Crippen LogP contribution >= 0.6 is 0 Å². The molecule has 6 nitrogen and oxygen atoms in total. The quantitative estimate of drug-likeness (QED) is 0.559. The SMILES string of the molecule is CCNC(=NCCc1nc(C)no1)NC(C)c1ccc(CC(C)C)cc1. The van der Waals surface area contributed by atoms with E-state index in [0.29, 0.717) is 30.6 Å². The van der Waals surface area contributed by atoms with Crippen molar-refractivity contribution in [1.29, 1.82) is 0 Å². The van der Waals surface area contributed by atoms with E-state index in [4.69, 9.17) is 4.52 Å². The lowest BCUT2D eigenvalue weighted by Gasteiger charge is -2.18. The molecular weight excluding hydrogens is 326 g/mol. The van der Waals surface area contributed by atoms with Gasteiger partial charge in [0.15, 0.2) is 11.8 Å². The lowest BCUT2D eigenvalue weighted by atomic mass is 10.00. The molecule has 2 N–H and O–H groups in total. The Bertz CT molecular complexity index is 690.